The first-order chi connectivity index (χ1) is 20.0. The number of unbranched alkanes of at least 4 members (excludes halogenated alkanes) is 1. The summed E-state index contributed by atoms with van der Waals surface area (Å²) in [6.07, 6.45) is 1.63. The molecule has 42 heavy (non-hydrogen) atoms. The Kier molecular flexibility index (Phi) is 12.0. The molecule has 0 heterocycles. The van der Waals surface area contributed by atoms with Gasteiger partial charge in [0.05, 0.1) is 17.2 Å². The summed E-state index contributed by atoms with van der Waals surface area (Å²) in [4.78, 5) is 28.1. The lowest BCUT2D eigenvalue weighted by atomic mass is 10.1. The van der Waals surface area contributed by atoms with E-state index in [2.05, 4.69) is 5.32 Å². The summed E-state index contributed by atoms with van der Waals surface area (Å²) >= 11 is 12.5. The monoisotopic (exact) mass is 637 g/mol. The minimum absolute atomic E-state index is 0.0785. The summed E-state index contributed by atoms with van der Waals surface area (Å²) in [5.41, 5.74) is 0.706. The van der Waals surface area contributed by atoms with Crippen LogP contribution in [0.1, 0.15) is 39.2 Å². The molecule has 0 aliphatic heterocycles. The van der Waals surface area contributed by atoms with E-state index in [4.69, 9.17) is 27.9 Å². The molecular formula is C30H34Cl2FN3O5S. The van der Waals surface area contributed by atoms with E-state index in [1.807, 2.05) is 13.8 Å². The Bertz CT molecular complexity index is 1470. The summed E-state index contributed by atoms with van der Waals surface area (Å²) in [6, 6.07) is 14.4. The standard InChI is InChI=1S/C30H34Cl2FN3O5S/c1-4-6-17-34-30(38)21(3)35(19-22-7-8-23(31)18-28(22)32)29(37)20-36(25-11-13-26(14-12-25)41-5-2)42(39,40)27-15-9-24(33)10-16-27/h7-16,18,21H,4-6,17,19-20H2,1-3H3,(H,34,38)/t21-/m1/s1. The molecule has 0 saturated heterocycles. The van der Waals surface area contributed by atoms with E-state index < -0.39 is 40.2 Å². The number of amides is 2. The third kappa shape index (κ3) is 8.59. The quantitative estimate of drug-likeness (QED) is 0.217. The molecule has 3 aromatic rings. The van der Waals surface area contributed by atoms with Gasteiger partial charge in [-0.15, -0.1) is 0 Å². The zero-order valence-corrected chi connectivity index (χ0v) is 26.0. The van der Waals surface area contributed by atoms with Crippen LogP contribution in [0.2, 0.25) is 10.0 Å². The van der Waals surface area contributed by atoms with E-state index >= 15 is 0 Å². The highest BCUT2D eigenvalue weighted by molar-refractivity contribution is 7.92. The van der Waals surface area contributed by atoms with Crippen molar-refractivity contribution in [3.63, 3.8) is 0 Å². The molecule has 12 heteroatoms. The minimum Gasteiger partial charge on any atom is -0.494 e. The molecular weight excluding hydrogens is 604 g/mol. The van der Waals surface area contributed by atoms with Crippen molar-refractivity contribution in [2.24, 2.45) is 0 Å². The smallest absolute Gasteiger partial charge is 0.264 e. The SMILES string of the molecule is CCCCNC(=O)[C@@H](C)N(Cc1ccc(Cl)cc1Cl)C(=O)CN(c1ccc(OCC)cc1)S(=O)(=O)c1ccc(F)cc1. The molecule has 0 aliphatic rings. The van der Waals surface area contributed by atoms with Gasteiger partial charge in [0, 0.05) is 23.1 Å². The number of hydrogen-bond donors (Lipinski definition) is 1. The second kappa shape index (κ2) is 15.2. The lowest BCUT2D eigenvalue weighted by Crippen LogP contribution is -2.51. The molecule has 0 aliphatic carbocycles. The molecule has 3 rings (SSSR count). The maximum atomic E-state index is 14.0. The number of nitrogens with one attached hydrogen (secondary N) is 1. The van der Waals surface area contributed by atoms with Crippen LogP contribution in [0.25, 0.3) is 0 Å². The van der Waals surface area contributed by atoms with Gasteiger partial charge in [0.1, 0.15) is 24.2 Å². The van der Waals surface area contributed by atoms with Crippen molar-refractivity contribution in [3.05, 3.63) is 88.2 Å². The van der Waals surface area contributed by atoms with Gasteiger partial charge in [-0.25, -0.2) is 12.8 Å². The first kappa shape index (κ1) is 33.2. The van der Waals surface area contributed by atoms with E-state index in [9.17, 15) is 22.4 Å². The van der Waals surface area contributed by atoms with Crippen LogP contribution in [0.4, 0.5) is 10.1 Å². The topological polar surface area (TPSA) is 96.0 Å². The molecule has 0 fully saturated rings. The molecule has 1 atom stereocenters. The van der Waals surface area contributed by atoms with Gasteiger partial charge in [0.15, 0.2) is 0 Å². The average molecular weight is 639 g/mol. The summed E-state index contributed by atoms with van der Waals surface area (Å²) in [7, 11) is -4.34. The van der Waals surface area contributed by atoms with Gasteiger partial charge in [-0.05, 0) is 86.5 Å². The zero-order chi connectivity index (χ0) is 30.9. The number of ether oxygens (including phenoxy) is 1. The van der Waals surface area contributed by atoms with E-state index in [1.54, 1.807) is 31.2 Å². The lowest BCUT2D eigenvalue weighted by molar-refractivity contribution is -0.139. The van der Waals surface area contributed by atoms with Crippen molar-refractivity contribution in [1.29, 1.82) is 0 Å². The first-order valence-electron chi connectivity index (χ1n) is 13.5. The summed E-state index contributed by atoms with van der Waals surface area (Å²) in [6.45, 7) is 5.50. The third-order valence-corrected chi connectivity index (χ3v) is 8.84. The minimum atomic E-state index is -4.34. The van der Waals surface area contributed by atoms with Crippen molar-refractivity contribution in [2.45, 2.75) is 51.1 Å². The zero-order valence-electron chi connectivity index (χ0n) is 23.6. The summed E-state index contributed by atoms with van der Waals surface area (Å²) < 4.78 is 47.7. The number of carbonyl (C=O) groups is 2. The largest absolute Gasteiger partial charge is 0.494 e. The number of carbonyl (C=O) groups excluding carboxylic acids is 2. The van der Waals surface area contributed by atoms with Crippen molar-refractivity contribution in [3.8, 4) is 5.75 Å². The molecule has 0 saturated carbocycles. The fraction of sp³-hybridized carbons (Fsp3) is 0.333. The van der Waals surface area contributed by atoms with Crippen molar-refractivity contribution >= 4 is 50.7 Å². The Morgan fingerprint density at radius 1 is 1.00 bits per heavy atom. The Hall–Kier alpha value is -3.34. The molecule has 226 valence electrons. The van der Waals surface area contributed by atoms with Gasteiger partial charge in [-0.3, -0.25) is 13.9 Å². The van der Waals surface area contributed by atoms with Crippen molar-refractivity contribution in [1.82, 2.24) is 10.2 Å². The first-order valence-corrected chi connectivity index (χ1v) is 15.7. The summed E-state index contributed by atoms with van der Waals surface area (Å²) in [5, 5.41) is 3.52. The highest BCUT2D eigenvalue weighted by atomic mass is 35.5. The van der Waals surface area contributed by atoms with Gasteiger partial charge in [0.2, 0.25) is 11.8 Å². The molecule has 2 amide bonds. The normalized spacial score (nSPS) is 12.0. The van der Waals surface area contributed by atoms with Crippen LogP contribution in [0.5, 0.6) is 5.75 Å². The highest BCUT2D eigenvalue weighted by Crippen LogP contribution is 2.28. The second-order valence-electron chi connectivity index (χ2n) is 9.47. The maximum absolute atomic E-state index is 14.0. The van der Waals surface area contributed by atoms with Crippen LogP contribution in [-0.4, -0.2) is 50.9 Å². The van der Waals surface area contributed by atoms with Gasteiger partial charge in [-0.2, -0.15) is 0 Å². The van der Waals surface area contributed by atoms with Crippen molar-refractivity contribution in [2.75, 3.05) is 24.0 Å². The van der Waals surface area contributed by atoms with Crippen LogP contribution in [0.15, 0.2) is 71.6 Å². The molecule has 1 N–H and O–H groups in total. The Morgan fingerprint density at radius 2 is 1.67 bits per heavy atom. The second-order valence-corrected chi connectivity index (χ2v) is 12.2. The predicted molar refractivity (Wildman–Crippen MR) is 163 cm³/mol. The number of sulfonamides is 1. The van der Waals surface area contributed by atoms with Gasteiger partial charge in [0.25, 0.3) is 10.0 Å². The average Bonchev–Trinajstić information content (AvgIpc) is 2.96. The Balaban J connectivity index is 2.03. The van der Waals surface area contributed by atoms with Crippen molar-refractivity contribution < 1.29 is 27.1 Å². The molecule has 8 nitrogen and oxygen atoms in total. The Labute approximate surface area is 256 Å². The van der Waals surface area contributed by atoms with E-state index in [-0.39, 0.29) is 17.1 Å². The van der Waals surface area contributed by atoms with E-state index in [0.717, 1.165) is 41.4 Å². The van der Waals surface area contributed by atoms with Crippen LogP contribution >= 0.6 is 23.2 Å². The number of anilines is 1. The third-order valence-electron chi connectivity index (χ3n) is 6.47. The number of halogens is 3. The van der Waals surface area contributed by atoms with Gasteiger partial charge >= 0.3 is 0 Å². The van der Waals surface area contributed by atoms with Crippen LogP contribution < -0.4 is 14.4 Å². The van der Waals surface area contributed by atoms with E-state index in [1.165, 1.54) is 23.1 Å². The summed E-state index contributed by atoms with van der Waals surface area (Å²) in [5.74, 6) is -1.13. The molecule has 0 spiro atoms. The number of benzene rings is 3. The predicted octanol–water partition coefficient (Wildman–Crippen LogP) is 6.06. The Morgan fingerprint density at radius 3 is 2.26 bits per heavy atom. The maximum Gasteiger partial charge on any atom is 0.264 e. The van der Waals surface area contributed by atoms with Gasteiger partial charge in [-0.1, -0.05) is 42.6 Å². The van der Waals surface area contributed by atoms with Crippen LogP contribution in [0, 0.1) is 5.82 Å². The molecule has 0 bridgehead atoms. The fourth-order valence-electron chi connectivity index (χ4n) is 4.09. The van der Waals surface area contributed by atoms with Crippen LogP contribution in [0.3, 0.4) is 0 Å². The fourth-order valence-corrected chi connectivity index (χ4v) is 5.97. The molecule has 0 radical (unpaired) electrons. The number of nitrogens with zero attached hydrogens (tertiary/aromatic N) is 2. The number of hydrogen-bond acceptors (Lipinski definition) is 5. The van der Waals surface area contributed by atoms with Gasteiger partial charge < -0.3 is 15.0 Å². The lowest BCUT2D eigenvalue weighted by Gasteiger charge is -2.32. The van der Waals surface area contributed by atoms with Crippen LogP contribution in [-0.2, 0) is 26.2 Å². The molecule has 0 aromatic heterocycles. The highest BCUT2D eigenvalue weighted by Gasteiger charge is 2.33. The number of rotatable bonds is 14. The molecule has 0 unspecified atom stereocenters. The molecule has 3 aromatic carbocycles. The van der Waals surface area contributed by atoms with E-state index in [0.29, 0.717) is 34.5 Å².